The van der Waals surface area contributed by atoms with E-state index in [2.05, 4.69) is 43.9 Å². The van der Waals surface area contributed by atoms with Gasteiger partial charge >= 0.3 is 0 Å². The van der Waals surface area contributed by atoms with Crippen LogP contribution in [0.3, 0.4) is 0 Å². The Morgan fingerprint density at radius 1 is 1.26 bits per heavy atom. The molecule has 1 aliphatic heterocycles. The molecule has 2 nitrogen and oxygen atoms in total. The topological polar surface area (TPSA) is 29.3 Å². The summed E-state index contributed by atoms with van der Waals surface area (Å²) in [4.78, 5) is 2.50. The lowest BCUT2D eigenvalue weighted by Gasteiger charge is -2.32. The van der Waals surface area contributed by atoms with Gasteiger partial charge in [-0.2, -0.15) is 0 Å². The summed E-state index contributed by atoms with van der Waals surface area (Å²) in [6, 6.07) is 7.03. The first kappa shape index (κ1) is 14.5. The third-order valence-corrected chi connectivity index (χ3v) is 4.44. The Morgan fingerprint density at radius 3 is 2.53 bits per heavy atom. The lowest BCUT2D eigenvalue weighted by molar-refractivity contribution is 0.217. The first-order chi connectivity index (χ1) is 9.11. The molecule has 0 bridgehead atoms. The van der Waals surface area contributed by atoms with E-state index in [9.17, 15) is 0 Å². The van der Waals surface area contributed by atoms with Crippen molar-refractivity contribution >= 4 is 0 Å². The third-order valence-electron chi connectivity index (χ3n) is 4.44. The standard InChI is InChI=1S/C17H28N2/c1-13(2)16-5-4-14(3)17(12-16)15-6-9-19(10-7-15)11-8-18/h4-5,12-13,15H,6-11,18H2,1-3H3. The molecule has 1 aliphatic rings. The summed E-state index contributed by atoms with van der Waals surface area (Å²) in [7, 11) is 0. The van der Waals surface area contributed by atoms with Crippen molar-refractivity contribution in [3.8, 4) is 0 Å². The molecular weight excluding hydrogens is 232 g/mol. The summed E-state index contributed by atoms with van der Waals surface area (Å²) in [5.41, 5.74) is 10.2. The summed E-state index contributed by atoms with van der Waals surface area (Å²) in [6.45, 7) is 11.0. The second kappa shape index (κ2) is 6.53. The van der Waals surface area contributed by atoms with Gasteiger partial charge in [0, 0.05) is 13.1 Å². The maximum atomic E-state index is 5.64. The molecule has 0 unspecified atom stereocenters. The number of hydrogen-bond acceptors (Lipinski definition) is 2. The fraction of sp³-hybridized carbons (Fsp3) is 0.647. The van der Waals surface area contributed by atoms with Crippen molar-refractivity contribution in [2.75, 3.05) is 26.2 Å². The Labute approximate surface area is 118 Å². The van der Waals surface area contributed by atoms with Crippen LogP contribution in [0.25, 0.3) is 0 Å². The van der Waals surface area contributed by atoms with E-state index >= 15 is 0 Å². The quantitative estimate of drug-likeness (QED) is 0.900. The monoisotopic (exact) mass is 260 g/mol. The second-order valence-electron chi connectivity index (χ2n) is 6.18. The van der Waals surface area contributed by atoms with E-state index in [1.54, 1.807) is 5.56 Å². The van der Waals surface area contributed by atoms with Gasteiger partial charge in [-0.3, -0.25) is 0 Å². The third kappa shape index (κ3) is 3.58. The van der Waals surface area contributed by atoms with Crippen LogP contribution in [0.2, 0.25) is 0 Å². The summed E-state index contributed by atoms with van der Waals surface area (Å²) < 4.78 is 0. The first-order valence-electron chi connectivity index (χ1n) is 7.64. The molecule has 0 spiro atoms. The van der Waals surface area contributed by atoms with Gasteiger partial charge in [0.25, 0.3) is 0 Å². The van der Waals surface area contributed by atoms with E-state index in [0.29, 0.717) is 5.92 Å². The van der Waals surface area contributed by atoms with Crippen molar-refractivity contribution in [1.29, 1.82) is 0 Å². The van der Waals surface area contributed by atoms with E-state index in [0.717, 1.165) is 19.0 Å². The van der Waals surface area contributed by atoms with Crippen LogP contribution < -0.4 is 5.73 Å². The van der Waals surface area contributed by atoms with Gasteiger partial charge in [0.2, 0.25) is 0 Å². The van der Waals surface area contributed by atoms with E-state index in [1.807, 2.05) is 0 Å². The molecule has 0 radical (unpaired) electrons. The number of likely N-dealkylation sites (tertiary alicyclic amines) is 1. The molecule has 1 fully saturated rings. The van der Waals surface area contributed by atoms with Gasteiger partial charge in [-0.05, 0) is 61.4 Å². The zero-order chi connectivity index (χ0) is 13.8. The maximum Gasteiger partial charge on any atom is 0.0105 e. The SMILES string of the molecule is Cc1ccc(C(C)C)cc1C1CCN(CCN)CC1. The highest BCUT2D eigenvalue weighted by Crippen LogP contribution is 2.32. The lowest BCUT2D eigenvalue weighted by atomic mass is 9.84. The van der Waals surface area contributed by atoms with Crippen LogP contribution >= 0.6 is 0 Å². The zero-order valence-corrected chi connectivity index (χ0v) is 12.7. The summed E-state index contributed by atoms with van der Waals surface area (Å²) in [5, 5.41) is 0. The molecule has 2 rings (SSSR count). The summed E-state index contributed by atoms with van der Waals surface area (Å²) in [5.74, 6) is 1.37. The van der Waals surface area contributed by atoms with Crippen molar-refractivity contribution in [2.45, 2.75) is 45.4 Å². The fourth-order valence-corrected chi connectivity index (χ4v) is 3.11. The molecule has 1 aromatic rings. The lowest BCUT2D eigenvalue weighted by Crippen LogP contribution is -2.36. The number of aryl methyl sites for hydroxylation is 1. The van der Waals surface area contributed by atoms with Crippen molar-refractivity contribution in [3.63, 3.8) is 0 Å². The number of hydrogen-bond donors (Lipinski definition) is 1. The maximum absolute atomic E-state index is 5.64. The van der Waals surface area contributed by atoms with Gasteiger partial charge in [0.05, 0.1) is 0 Å². The van der Waals surface area contributed by atoms with Gasteiger partial charge < -0.3 is 10.6 Å². The van der Waals surface area contributed by atoms with Crippen molar-refractivity contribution in [2.24, 2.45) is 5.73 Å². The molecule has 1 aromatic carbocycles. The molecule has 106 valence electrons. The van der Waals surface area contributed by atoms with E-state index < -0.39 is 0 Å². The van der Waals surface area contributed by atoms with Gasteiger partial charge in [-0.25, -0.2) is 0 Å². The van der Waals surface area contributed by atoms with Crippen LogP contribution in [0.5, 0.6) is 0 Å². The molecule has 1 heterocycles. The smallest absolute Gasteiger partial charge is 0.0105 e. The second-order valence-corrected chi connectivity index (χ2v) is 6.18. The van der Waals surface area contributed by atoms with Crippen LogP contribution in [0.4, 0.5) is 0 Å². The minimum Gasteiger partial charge on any atom is -0.329 e. The predicted molar refractivity (Wildman–Crippen MR) is 82.7 cm³/mol. The molecule has 2 heteroatoms. The Kier molecular flexibility index (Phi) is 5.00. The molecule has 19 heavy (non-hydrogen) atoms. The van der Waals surface area contributed by atoms with Crippen LogP contribution in [-0.2, 0) is 0 Å². The number of nitrogens with zero attached hydrogens (tertiary/aromatic N) is 1. The minimum absolute atomic E-state index is 0.622. The van der Waals surface area contributed by atoms with Crippen molar-refractivity contribution < 1.29 is 0 Å². The highest BCUT2D eigenvalue weighted by Gasteiger charge is 2.21. The molecule has 0 saturated carbocycles. The number of benzene rings is 1. The van der Waals surface area contributed by atoms with Crippen molar-refractivity contribution in [3.05, 3.63) is 34.9 Å². The summed E-state index contributed by atoms with van der Waals surface area (Å²) >= 11 is 0. The molecule has 0 amide bonds. The van der Waals surface area contributed by atoms with Crippen LogP contribution in [0.1, 0.15) is 55.2 Å². The van der Waals surface area contributed by atoms with E-state index in [1.165, 1.54) is 37.1 Å². The van der Waals surface area contributed by atoms with Crippen LogP contribution in [0.15, 0.2) is 18.2 Å². The Hall–Kier alpha value is -0.860. The number of rotatable bonds is 4. The minimum atomic E-state index is 0.622. The molecule has 0 aromatic heterocycles. The number of nitrogens with two attached hydrogens (primary N) is 1. The average Bonchev–Trinajstić information content (AvgIpc) is 2.40. The van der Waals surface area contributed by atoms with Gasteiger partial charge in [-0.1, -0.05) is 32.0 Å². The van der Waals surface area contributed by atoms with Crippen LogP contribution in [0, 0.1) is 6.92 Å². The summed E-state index contributed by atoms with van der Waals surface area (Å²) in [6.07, 6.45) is 2.56. The zero-order valence-electron chi connectivity index (χ0n) is 12.7. The highest BCUT2D eigenvalue weighted by molar-refractivity contribution is 5.35. The molecule has 2 N–H and O–H groups in total. The Balaban J connectivity index is 2.08. The van der Waals surface area contributed by atoms with Crippen molar-refractivity contribution in [1.82, 2.24) is 4.90 Å². The number of piperidine rings is 1. The van der Waals surface area contributed by atoms with Crippen LogP contribution in [-0.4, -0.2) is 31.1 Å². The van der Waals surface area contributed by atoms with Gasteiger partial charge in [0.15, 0.2) is 0 Å². The van der Waals surface area contributed by atoms with Gasteiger partial charge in [-0.15, -0.1) is 0 Å². The Bertz CT molecular complexity index is 404. The predicted octanol–water partition coefficient (Wildman–Crippen LogP) is 3.26. The highest BCUT2D eigenvalue weighted by atomic mass is 15.1. The Morgan fingerprint density at radius 2 is 1.95 bits per heavy atom. The van der Waals surface area contributed by atoms with E-state index in [4.69, 9.17) is 5.73 Å². The van der Waals surface area contributed by atoms with Gasteiger partial charge in [0.1, 0.15) is 0 Å². The molecular formula is C17H28N2. The molecule has 0 aliphatic carbocycles. The average molecular weight is 260 g/mol. The normalized spacial score (nSPS) is 18.2. The largest absolute Gasteiger partial charge is 0.329 e. The first-order valence-corrected chi connectivity index (χ1v) is 7.64. The fourth-order valence-electron chi connectivity index (χ4n) is 3.11. The molecule has 0 atom stereocenters. The molecule has 1 saturated heterocycles. The van der Waals surface area contributed by atoms with E-state index in [-0.39, 0.29) is 0 Å².